The number of thiophene rings is 1. The molecule has 94 valence electrons. The predicted octanol–water partition coefficient (Wildman–Crippen LogP) is 2.06. The topological polar surface area (TPSA) is 96.7 Å². The Morgan fingerprint density at radius 2 is 2.17 bits per heavy atom. The van der Waals surface area contributed by atoms with Crippen molar-refractivity contribution in [3.05, 3.63) is 20.7 Å². The molecule has 0 bridgehead atoms. The van der Waals surface area contributed by atoms with Gasteiger partial charge in [-0.05, 0) is 28.7 Å². The van der Waals surface area contributed by atoms with Crippen LogP contribution < -0.4 is 4.74 Å². The van der Waals surface area contributed by atoms with Crippen LogP contribution in [0.2, 0.25) is 0 Å². The monoisotopic (exact) mass is 379 g/mol. The number of aliphatic carboxylic acids is 1. The summed E-state index contributed by atoms with van der Waals surface area (Å²) in [5.41, 5.74) is 0. The van der Waals surface area contributed by atoms with E-state index in [4.69, 9.17) is 14.9 Å². The first-order valence-electron chi connectivity index (χ1n) is 4.65. The van der Waals surface area contributed by atoms with Gasteiger partial charge < -0.3 is 14.9 Å². The number of carbonyl (C=O) groups is 2. The second-order valence-electron chi connectivity index (χ2n) is 3.25. The van der Waals surface area contributed by atoms with Crippen LogP contribution in [0.4, 0.5) is 0 Å². The van der Waals surface area contributed by atoms with Crippen molar-refractivity contribution in [1.29, 1.82) is 0 Å². The van der Waals surface area contributed by atoms with E-state index >= 15 is 0 Å². The Morgan fingerprint density at radius 1 is 1.44 bits per heavy atom. The van der Waals surface area contributed by atoms with E-state index in [1.54, 1.807) is 12.3 Å². The molecule has 18 heavy (non-hydrogen) atoms. The van der Waals surface area contributed by atoms with Crippen LogP contribution in [0.1, 0.15) is 9.67 Å². The molecule has 0 unspecified atom stereocenters. The second-order valence-corrected chi connectivity index (χ2v) is 5.50. The van der Waals surface area contributed by atoms with E-state index in [0.717, 1.165) is 14.9 Å². The van der Waals surface area contributed by atoms with Gasteiger partial charge in [0.25, 0.3) is 0 Å². The van der Waals surface area contributed by atoms with Gasteiger partial charge >= 0.3 is 11.9 Å². The summed E-state index contributed by atoms with van der Waals surface area (Å²) in [6.07, 6.45) is 1.60. The Labute approximate surface area is 118 Å². The highest BCUT2D eigenvalue weighted by atomic mass is 127. The number of ether oxygens (including phenoxy) is 1. The normalized spacial score (nSPS) is 10.5. The van der Waals surface area contributed by atoms with E-state index in [1.807, 2.05) is 22.6 Å². The maximum absolute atomic E-state index is 11.1. The molecule has 6 nitrogen and oxygen atoms in total. The summed E-state index contributed by atoms with van der Waals surface area (Å²) >= 11 is 3.00. The van der Waals surface area contributed by atoms with Crippen LogP contribution in [0.25, 0.3) is 10.2 Å². The van der Waals surface area contributed by atoms with Gasteiger partial charge in [-0.25, -0.2) is 14.6 Å². The number of hydrogen-bond donors (Lipinski definition) is 2. The SMILES string of the molecule is O=C(O)COc1c(C(=O)O)sc2ncc(I)cc12. The fraction of sp³-hybridized carbons (Fsp3) is 0.100. The molecule has 0 amide bonds. The summed E-state index contributed by atoms with van der Waals surface area (Å²) in [6, 6.07) is 1.71. The first kappa shape index (κ1) is 13.0. The number of hydrogen-bond acceptors (Lipinski definition) is 5. The molecule has 2 heterocycles. The van der Waals surface area contributed by atoms with E-state index in [-0.39, 0.29) is 10.6 Å². The number of rotatable bonds is 4. The Balaban J connectivity index is 2.57. The van der Waals surface area contributed by atoms with Crippen molar-refractivity contribution >= 4 is 56.1 Å². The summed E-state index contributed by atoms with van der Waals surface area (Å²) in [5.74, 6) is -2.26. The van der Waals surface area contributed by atoms with Crippen LogP contribution in [0.3, 0.4) is 0 Å². The largest absolute Gasteiger partial charge is 0.479 e. The molecule has 0 spiro atoms. The first-order chi connectivity index (χ1) is 8.49. The number of pyridine rings is 1. The average molecular weight is 379 g/mol. The van der Waals surface area contributed by atoms with Gasteiger partial charge in [0, 0.05) is 9.77 Å². The summed E-state index contributed by atoms with van der Waals surface area (Å²) in [4.78, 5) is 26.1. The lowest BCUT2D eigenvalue weighted by Crippen LogP contribution is -2.10. The Hall–Kier alpha value is -1.42. The van der Waals surface area contributed by atoms with Gasteiger partial charge in [0.05, 0.1) is 5.39 Å². The van der Waals surface area contributed by atoms with E-state index in [2.05, 4.69) is 4.98 Å². The minimum absolute atomic E-state index is 0.0410. The molecule has 2 N–H and O–H groups in total. The van der Waals surface area contributed by atoms with Crippen molar-refractivity contribution in [3.63, 3.8) is 0 Å². The van der Waals surface area contributed by atoms with Crippen molar-refractivity contribution in [2.45, 2.75) is 0 Å². The number of aromatic carboxylic acids is 1. The summed E-state index contributed by atoms with van der Waals surface area (Å²) in [7, 11) is 0. The summed E-state index contributed by atoms with van der Waals surface area (Å²) in [6.45, 7) is -0.586. The van der Waals surface area contributed by atoms with Gasteiger partial charge in [-0.3, -0.25) is 0 Å². The fourth-order valence-electron chi connectivity index (χ4n) is 1.35. The minimum atomic E-state index is -1.16. The van der Waals surface area contributed by atoms with E-state index < -0.39 is 18.5 Å². The van der Waals surface area contributed by atoms with Gasteiger partial charge in [0.15, 0.2) is 17.2 Å². The summed E-state index contributed by atoms with van der Waals surface area (Å²) in [5, 5.41) is 18.2. The van der Waals surface area contributed by atoms with Crippen molar-refractivity contribution in [2.75, 3.05) is 6.61 Å². The number of carboxylic acid groups (broad SMARTS) is 2. The molecule has 0 radical (unpaired) electrons. The molecule has 2 aromatic rings. The first-order valence-corrected chi connectivity index (χ1v) is 6.54. The molecule has 0 saturated carbocycles. The quantitative estimate of drug-likeness (QED) is 0.790. The second kappa shape index (κ2) is 5.06. The van der Waals surface area contributed by atoms with Gasteiger partial charge in [-0.2, -0.15) is 0 Å². The highest BCUT2D eigenvalue weighted by Crippen LogP contribution is 2.37. The van der Waals surface area contributed by atoms with Crippen molar-refractivity contribution in [3.8, 4) is 5.75 Å². The van der Waals surface area contributed by atoms with Crippen LogP contribution in [0, 0.1) is 3.57 Å². The van der Waals surface area contributed by atoms with Gasteiger partial charge in [0.2, 0.25) is 0 Å². The number of halogens is 1. The Morgan fingerprint density at radius 3 is 2.78 bits per heavy atom. The number of fused-ring (bicyclic) bond motifs is 1. The standard InChI is InChI=1S/C10H6INO5S/c11-4-1-5-7(17-3-6(13)14)8(10(15)16)18-9(5)12-2-4/h1-2H,3H2,(H,13,14)(H,15,16). The van der Waals surface area contributed by atoms with Crippen LogP contribution in [-0.2, 0) is 4.79 Å². The smallest absolute Gasteiger partial charge is 0.349 e. The predicted molar refractivity (Wildman–Crippen MR) is 72.4 cm³/mol. The lowest BCUT2D eigenvalue weighted by molar-refractivity contribution is -0.139. The van der Waals surface area contributed by atoms with E-state index in [1.165, 1.54) is 0 Å². The lowest BCUT2D eigenvalue weighted by atomic mass is 10.3. The molecule has 0 fully saturated rings. The Kier molecular flexibility index (Phi) is 3.66. The van der Waals surface area contributed by atoms with Crippen molar-refractivity contribution in [2.24, 2.45) is 0 Å². The lowest BCUT2D eigenvalue weighted by Gasteiger charge is -2.02. The van der Waals surface area contributed by atoms with Gasteiger partial charge in [-0.1, -0.05) is 0 Å². The molecule has 0 aliphatic carbocycles. The number of carboxylic acids is 2. The zero-order valence-corrected chi connectivity index (χ0v) is 11.7. The van der Waals surface area contributed by atoms with Crippen LogP contribution in [-0.4, -0.2) is 33.7 Å². The fourth-order valence-corrected chi connectivity index (χ4v) is 2.71. The molecule has 0 aromatic carbocycles. The summed E-state index contributed by atoms with van der Waals surface area (Å²) < 4.78 is 5.87. The van der Waals surface area contributed by atoms with Crippen molar-refractivity contribution < 1.29 is 24.5 Å². The number of nitrogens with zero attached hydrogens (tertiary/aromatic N) is 1. The average Bonchev–Trinajstić information content (AvgIpc) is 2.64. The zero-order chi connectivity index (χ0) is 13.3. The molecule has 0 aliphatic rings. The zero-order valence-electron chi connectivity index (χ0n) is 8.71. The van der Waals surface area contributed by atoms with E-state index in [9.17, 15) is 9.59 Å². The highest BCUT2D eigenvalue weighted by Gasteiger charge is 2.21. The highest BCUT2D eigenvalue weighted by molar-refractivity contribution is 14.1. The maximum atomic E-state index is 11.1. The third-order valence-corrected chi connectivity index (χ3v) is 3.67. The molecule has 2 aromatic heterocycles. The van der Waals surface area contributed by atoms with Crippen LogP contribution >= 0.6 is 33.9 Å². The minimum Gasteiger partial charge on any atom is -0.479 e. The molecule has 0 atom stereocenters. The van der Waals surface area contributed by atoms with Gasteiger partial charge in [-0.15, -0.1) is 11.3 Å². The molecule has 2 rings (SSSR count). The number of aromatic nitrogens is 1. The third-order valence-electron chi connectivity index (χ3n) is 2.00. The van der Waals surface area contributed by atoms with Gasteiger partial charge in [0.1, 0.15) is 4.83 Å². The van der Waals surface area contributed by atoms with E-state index in [0.29, 0.717) is 10.2 Å². The molecular weight excluding hydrogens is 373 g/mol. The van der Waals surface area contributed by atoms with Crippen molar-refractivity contribution in [1.82, 2.24) is 4.98 Å². The molecule has 0 aliphatic heterocycles. The molecule has 0 saturated heterocycles. The molecule has 8 heteroatoms. The van der Waals surface area contributed by atoms with Crippen LogP contribution in [0.15, 0.2) is 12.3 Å². The Bertz CT molecular complexity index is 638. The third kappa shape index (κ3) is 2.53. The maximum Gasteiger partial charge on any atom is 0.349 e. The van der Waals surface area contributed by atoms with Crippen LogP contribution in [0.5, 0.6) is 5.75 Å². The molecular formula is C10H6INO5S.